The molecule has 0 bridgehead atoms. The molecule has 2 aromatic rings. The van der Waals surface area contributed by atoms with Crippen LogP contribution in [0.5, 0.6) is 0 Å². The zero-order valence-electron chi connectivity index (χ0n) is 9.63. The first-order valence-corrected chi connectivity index (χ1v) is 6.15. The van der Waals surface area contributed by atoms with Gasteiger partial charge in [0.05, 0.1) is 6.04 Å². The van der Waals surface area contributed by atoms with Crippen molar-refractivity contribution in [3.8, 4) is 0 Å². The first kappa shape index (κ1) is 12.0. The van der Waals surface area contributed by atoms with E-state index >= 15 is 0 Å². The molecule has 1 nitrogen and oxygen atoms in total. The lowest BCUT2D eigenvalue weighted by Gasteiger charge is -2.13. The number of thiophene rings is 1. The number of hydrogen-bond donors (Lipinski definition) is 1. The minimum absolute atomic E-state index is 0.0369. The van der Waals surface area contributed by atoms with E-state index in [0.29, 0.717) is 5.69 Å². The average molecular weight is 253 g/mol. The number of aryl methyl sites for hydroxylation is 1. The van der Waals surface area contributed by atoms with E-state index in [9.17, 15) is 8.78 Å². The third-order valence-corrected chi connectivity index (χ3v) is 3.62. The maximum atomic E-state index is 13.0. The molecule has 0 aliphatic carbocycles. The van der Waals surface area contributed by atoms with Crippen molar-refractivity contribution in [2.75, 3.05) is 5.32 Å². The van der Waals surface area contributed by atoms with Crippen molar-refractivity contribution in [3.63, 3.8) is 0 Å². The fraction of sp³-hybridized carbons (Fsp3) is 0.231. The van der Waals surface area contributed by atoms with Crippen LogP contribution in [0.4, 0.5) is 14.5 Å². The molecule has 4 heteroatoms. The molecule has 0 spiro atoms. The molecular formula is C13H13F2NS. The Balaban J connectivity index is 2.15. The first-order chi connectivity index (χ1) is 8.04. The smallest absolute Gasteiger partial charge is 0.128 e. The highest BCUT2D eigenvalue weighted by Crippen LogP contribution is 2.26. The second kappa shape index (κ2) is 4.84. The summed E-state index contributed by atoms with van der Waals surface area (Å²) in [6, 6.07) is 7.54. The van der Waals surface area contributed by atoms with Gasteiger partial charge in [0.2, 0.25) is 0 Å². The molecule has 1 unspecified atom stereocenters. The van der Waals surface area contributed by atoms with Gasteiger partial charge in [-0.1, -0.05) is 0 Å². The number of benzene rings is 1. The maximum absolute atomic E-state index is 13.0. The van der Waals surface area contributed by atoms with Crippen molar-refractivity contribution in [1.29, 1.82) is 0 Å². The van der Waals surface area contributed by atoms with E-state index in [0.717, 1.165) is 10.9 Å². The quantitative estimate of drug-likeness (QED) is 0.848. The van der Waals surface area contributed by atoms with E-state index < -0.39 is 11.6 Å². The van der Waals surface area contributed by atoms with Crippen LogP contribution >= 0.6 is 11.3 Å². The molecule has 17 heavy (non-hydrogen) atoms. The van der Waals surface area contributed by atoms with Gasteiger partial charge >= 0.3 is 0 Å². The third kappa shape index (κ3) is 3.03. The topological polar surface area (TPSA) is 12.0 Å². The van der Waals surface area contributed by atoms with Gasteiger partial charge in [-0.05, 0) is 38.1 Å². The minimum Gasteiger partial charge on any atom is -0.378 e. The standard InChI is InChI=1S/C13H13F2NS/c1-8-3-4-13(17-8)9(2)16-12-6-10(14)5-11(15)7-12/h3-7,9,16H,1-2H3. The zero-order chi connectivity index (χ0) is 12.4. The van der Waals surface area contributed by atoms with Gasteiger partial charge in [-0.25, -0.2) is 8.78 Å². The highest BCUT2D eigenvalue weighted by atomic mass is 32.1. The lowest BCUT2D eigenvalue weighted by molar-refractivity contribution is 0.583. The van der Waals surface area contributed by atoms with Crippen molar-refractivity contribution in [3.05, 3.63) is 51.7 Å². The molecule has 0 radical (unpaired) electrons. The van der Waals surface area contributed by atoms with Crippen molar-refractivity contribution in [2.45, 2.75) is 19.9 Å². The second-order valence-corrected chi connectivity index (χ2v) is 5.29. The molecule has 0 saturated heterocycles. The lowest BCUT2D eigenvalue weighted by Crippen LogP contribution is -2.05. The molecule has 1 N–H and O–H groups in total. The summed E-state index contributed by atoms with van der Waals surface area (Å²) < 4.78 is 26.0. The number of anilines is 1. The summed E-state index contributed by atoms with van der Waals surface area (Å²) in [4.78, 5) is 2.37. The Kier molecular flexibility index (Phi) is 3.43. The number of hydrogen-bond acceptors (Lipinski definition) is 2. The van der Waals surface area contributed by atoms with E-state index in [2.05, 4.69) is 5.32 Å². The Morgan fingerprint density at radius 1 is 1.12 bits per heavy atom. The van der Waals surface area contributed by atoms with Gasteiger partial charge in [-0.3, -0.25) is 0 Å². The van der Waals surface area contributed by atoms with Crippen LogP contribution in [0.1, 0.15) is 22.7 Å². The van der Waals surface area contributed by atoms with E-state index in [4.69, 9.17) is 0 Å². The lowest BCUT2D eigenvalue weighted by atomic mass is 10.2. The molecule has 1 atom stereocenters. The van der Waals surface area contributed by atoms with Crippen LogP contribution in [0.25, 0.3) is 0 Å². The largest absolute Gasteiger partial charge is 0.378 e. The number of halogens is 2. The van der Waals surface area contributed by atoms with Crippen molar-refractivity contribution in [2.24, 2.45) is 0 Å². The van der Waals surface area contributed by atoms with Crippen molar-refractivity contribution in [1.82, 2.24) is 0 Å². The molecular weight excluding hydrogens is 240 g/mol. The Morgan fingerprint density at radius 3 is 2.29 bits per heavy atom. The van der Waals surface area contributed by atoms with E-state index in [1.54, 1.807) is 11.3 Å². The van der Waals surface area contributed by atoms with Crippen LogP contribution in [0.15, 0.2) is 30.3 Å². The predicted molar refractivity (Wildman–Crippen MR) is 67.5 cm³/mol. The average Bonchev–Trinajstić information content (AvgIpc) is 2.63. The normalized spacial score (nSPS) is 12.5. The fourth-order valence-corrected chi connectivity index (χ4v) is 2.52. The summed E-state index contributed by atoms with van der Waals surface area (Å²) in [5.74, 6) is -1.14. The van der Waals surface area contributed by atoms with Crippen molar-refractivity contribution >= 4 is 17.0 Å². The molecule has 0 fully saturated rings. The van der Waals surface area contributed by atoms with Crippen LogP contribution in [-0.2, 0) is 0 Å². The molecule has 0 amide bonds. The molecule has 2 rings (SSSR count). The molecule has 90 valence electrons. The summed E-state index contributed by atoms with van der Waals surface area (Å²) >= 11 is 1.67. The molecule has 1 heterocycles. The summed E-state index contributed by atoms with van der Waals surface area (Å²) in [5.41, 5.74) is 0.459. The van der Waals surface area contributed by atoms with E-state index in [1.807, 2.05) is 26.0 Å². The van der Waals surface area contributed by atoms with Gasteiger partial charge in [0, 0.05) is 21.5 Å². The molecule has 1 aromatic carbocycles. The Bertz CT molecular complexity index is 502. The monoisotopic (exact) mass is 253 g/mol. The van der Waals surface area contributed by atoms with Gasteiger partial charge in [0.15, 0.2) is 0 Å². The van der Waals surface area contributed by atoms with Crippen LogP contribution in [0.2, 0.25) is 0 Å². The minimum atomic E-state index is -0.568. The number of nitrogens with one attached hydrogen (secondary N) is 1. The second-order valence-electron chi connectivity index (χ2n) is 3.97. The Hall–Kier alpha value is -1.42. The highest BCUT2D eigenvalue weighted by molar-refractivity contribution is 7.12. The van der Waals surface area contributed by atoms with Crippen LogP contribution in [0, 0.1) is 18.6 Å². The Morgan fingerprint density at radius 2 is 1.76 bits per heavy atom. The van der Waals surface area contributed by atoms with Crippen molar-refractivity contribution < 1.29 is 8.78 Å². The fourth-order valence-electron chi connectivity index (χ4n) is 1.64. The van der Waals surface area contributed by atoms with E-state index in [1.165, 1.54) is 17.0 Å². The molecule has 0 saturated carbocycles. The van der Waals surface area contributed by atoms with Crippen LogP contribution in [-0.4, -0.2) is 0 Å². The predicted octanol–water partition coefficient (Wildman–Crippen LogP) is 4.51. The summed E-state index contributed by atoms with van der Waals surface area (Å²) in [6.45, 7) is 4.00. The Labute approximate surface area is 103 Å². The summed E-state index contributed by atoms with van der Waals surface area (Å²) in [5, 5.41) is 3.08. The zero-order valence-corrected chi connectivity index (χ0v) is 10.4. The van der Waals surface area contributed by atoms with Crippen LogP contribution < -0.4 is 5.32 Å². The van der Waals surface area contributed by atoms with Gasteiger partial charge < -0.3 is 5.32 Å². The summed E-state index contributed by atoms with van der Waals surface area (Å²) in [6.07, 6.45) is 0. The molecule has 0 aliphatic rings. The number of rotatable bonds is 3. The maximum Gasteiger partial charge on any atom is 0.128 e. The third-order valence-electron chi connectivity index (χ3n) is 2.43. The van der Waals surface area contributed by atoms with Gasteiger partial charge in [-0.2, -0.15) is 0 Å². The first-order valence-electron chi connectivity index (χ1n) is 5.33. The SMILES string of the molecule is Cc1ccc(C(C)Nc2cc(F)cc(F)c2)s1. The van der Waals surface area contributed by atoms with Gasteiger partial charge in [-0.15, -0.1) is 11.3 Å². The summed E-state index contributed by atoms with van der Waals surface area (Å²) in [7, 11) is 0. The molecule has 0 aliphatic heterocycles. The van der Waals surface area contributed by atoms with Gasteiger partial charge in [0.1, 0.15) is 11.6 Å². The van der Waals surface area contributed by atoms with Gasteiger partial charge in [0.25, 0.3) is 0 Å². The van der Waals surface area contributed by atoms with E-state index in [-0.39, 0.29) is 6.04 Å². The van der Waals surface area contributed by atoms with Crippen LogP contribution in [0.3, 0.4) is 0 Å². The molecule has 1 aromatic heterocycles. The highest BCUT2D eigenvalue weighted by Gasteiger charge is 2.08.